The summed E-state index contributed by atoms with van der Waals surface area (Å²) >= 11 is 1.75. The number of esters is 2. The fraction of sp³-hybridized carbons (Fsp3) is 0.583. The molecule has 0 radical (unpaired) electrons. The summed E-state index contributed by atoms with van der Waals surface area (Å²) in [7, 11) is 0. The van der Waals surface area contributed by atoms with Crippen LogP contribution in [0.2, 0.25) is 0 Å². The summed E-state index contributed by atoms with van der Waals surface area (Å²) in [5.41, 5.74) is 4.59. The van der Waals surface area contributed by atoms with E-state index >= 15 is 0 Å². The second-order valence-electron chi connectivity index (χ2n) is 9.58. The van der Waals surface area contributed by atoms with E-state index < -0.39 is 11.9 Å². The molecular formula is C24H28O3S. The maximum absolute atomic E-state index is 12.9. The van der Waals surface area contributed by atoms with Gasteiger partial charge in [0.2, 0.25) is 0 Å². The van der Waals surface area contributed by atoms with Crippen LogP contribution < -0.4 is 0 Å². The van der Waals surface area contributed by atoms with Crippen LogP contribution in [0.1, 0.15) is 61.3 Å². The van der Waals surface area contributed by atoms with Crippen LogP contribution in [0.15, 0.2) is 22.8 Å². The van der Waals surface area contributed by atoms with Gasteiger partial charge in [-0.1, -0.05) is 13.8 Å². The molecule has 1 aromatic rings. The van der Waals surface area contributed by atoms with Crippen LogP contribution in [0.25, 0.3) is 5.57 Å². The third kappa shape index (κ3) is 2.67. The van der Waals surface area contributed by atoms with E-state index in [0.29, 0.717) is 23.0 Å². The summed E-state index contributed by atoms with van der Waals surface area (Å²) in [4.78, 5) is 28.3. The van der Waals surface area contributed by atoms with E-state index in [1.54, 1.807) is 11.3 Å². The fourth-order valence-electron chi connectivity index (χ4n) is 6.63. The Kier molecular flexibility index (Phi) is 4.20. The molecule has 4 aliphatic carbocycles. The van der Waals surface area contributed by atoms with E-state index in [0.717, 1.165) is 23.0 Å². The Balaban J connectivity index is 1.75. The molecule has 4 bridgehead atoms. The molecule has 148 valence electrons. The van der Waals surface area contributed by atoms with E-state index in [-0.39, 0.29) is 5.92 Å². The number of thiophene rings is 1. The second kappa shape index (κ2) is 6.41. The van der Waals surface area contributed by atoms with Crippen molar-refractivity contribution in [2.45, 2.75) is 59.8 Å². The lowest BCUT2D eigenvalue weighted by Crippen LogP contribution is -2.41. The summed E-state index contributed by atoms with van der Waals surface area (Å²) in [6.07, 6.45) is 6.12. The van der Waals surface area contributed by atoms with Crippen LogP contribution in [0, 0.1) is 43.4 Å². The summed E-state index contributed by atoms with van der Waals surface area (Å²) in [5, 5.41) is 0. The number of hydrogen-bond donors (Lipinski definition) is 0. The molecular weight excluding hydrogens is 368 g/mol. The largest absolute Gasteiger partial charge is 0.386 e. The number of aryl methyl sites for hydroxylation is 2. The Morgan fingerprint density at radius 1 is 1.00 bits per heavy atom. The molecule has 3 nitrogen and oxygen atoms in total. The highest BCUT2D eigenvalue weighted by molar-refractivity contribution is 7.12. The zero-order valence-corrected chi connectivity index (χ0v) is 17.9. The first kappa shape index (κ1) is 18.4. The summed E-state index contributed by atoms with van der Waals surface area (Å²) < 4.78 is 5.25. The maximum atomic E-state index is 12.9. The molecule has 28 heavy (non-hydrogen) atoms. The standard InChI is InChI=1S/C24H28O3S/c1-11(2)19(18-5-12(3)28-13(18)4)21-22(24(26)27-23(21)25)20-16-7-14-6-15(9-16)10-17(20)8-14/h5,11,14-17H,6-10H2,1-4H3. The Hall–Kier alpha value is -1.68. The Bertz CT molecular complexity index is 913. The van der Waals surface area contributed by atoms with Gasteiger partial charge in [-0.3, -0.25) is 0 Å². The summed E-state index contributed by atoms with van der Waals surface area (Å²) in [6.45, 7) is 8.43. The number of rotatable bonds is 2. The van der Waals surface area contributed by atoms with Crippen molar-refractivity contribution in [3.05, 3.63) is 38.1 Å². The third-order valence-electron chi connectivity index (χ3n) is 7.33. The highest BCUT2D eigenvalue weighted by Crippen LogP contribution is 2.58. The van der Waals surface area contributed by atoms with Gasteiger partial charge in [-0.05, 0) is 98.3 Å². The second-order valence-corrected chi connectivity index (χ2v) is 11.0. The van der Waals surface area contributed by atoms with E-state index in [2.05, 4.69) is 33.8 Å². The highest BCUT2D eigenvalue weighted by atomic mass is 32.1. The van der Waals surface area contributed by atoms with Crippen molar-refractivity contribution in [3.8, 4) is 0 Å². The van der Waals surface area contributed by atoms with Gasteiger partial charge in [0.05, 0.1) is 11.1 Å². The molecule has 5 aliphatic rings. The van der Waals surface area contributed by atoms with E-state index in [4.69, 9.17) is 4.74 Å². The first-order valence-electron chi connectivity index (χ1n) is 10.7. The Morgan fingerprint density at radius 2 is 1.61 bits per heavy atom. The van der Waals surface area contributed by atoms with Crippen molar-refractivity contribution >= 4 is 28.8 Å². The van der Waals surface area contributed by atoms with E-state index in [9.17, 15) is 9.59 Å². The molecule has 0 spiro atoms. The van der Waals surface area contributed by atoms with Gasteiger partial charge < -0.3 is 4.74 Å². The van der Waals surface area contributed by atoms with Crippen LogP contribution in [0.4, 0.5) is 0 Å². The lowest BCUT2D eigenvalue weighted by molar-refractivity contribution is -0.149. The number of carbonyl (C=O) groups is 2. The molecule has 4 saturated carbocycles. The lowest BCUT2D eigenvalue weighted by atomic mass is 9.53. The number of carbonyl (C=O) groups excluding carboxylic acids is 2. The molecule has 0 N–H and O–H groups in total. The molecule has 0 atom stereocenters. The van der Waals surface area contributed by atoms with Crippen LogP contribution in [0.3, 0.4) is 0 Å². The van der Waals surface area contributed by atoms with Gasteiger partial charge in [0.15, 0.2) is 0 Å². The maximum Gasteiger partial charge on any atom is 0.347 e. The molecule has 4 heteroatoms. The first-order valence-corrected chi connectivity index (χ1v) is 11.5. The minimum absolute atomic E-state index is 0.147. The van der Waals surface area contributed by atoms with Crippen LogP contribution in [-0.2, 0) is 14.3 Å². The van der Waals surface area contributed by atoms with Crippen LogP contribution in [-0.4, -0.2) is 11.9 Å². The molecule has 1 aliphatic heterocycles. The van der Waals surface area contributed by atoms with Crippen molar-refractivity contribution in [2.75, 3.05) is 0 Å². The third-order valence-corrected chi connectivity index (χ3v) is 8.29. The predicted octanol–water partition coefficient (Wildman–Crippen LogP) is 5.61. The fourth-order valence-corrected chi connectivity index (χ4v) is 7.57. The quantitative estimate of drug-likeness (QED) is 0.371. The van der Waals surface area contributed by atoms with Gasteiger partial charge in [0, 0.05) is 9.75 Å². The van der Waals surface area contributed by atoms with Gasteiger partial charge >= 0.3 is 11.9 Å². The molecule has 2 heterocycles. The summed E-state index contributed by atoms with van der Waals surface area (Å²) in [6, 6.07) is 2.16. The summed E-state index contributed by atoms with van der Waals surface area (Å²) in [5.74, 6) is 1.89. The molecule has 0 amide bonds. The van der Waals surface area contributed by atoms with Crippen molar-refractivity contribution in [1.29, 1.82) is 0 Å². The number of ether oxygens (including phenoxy) is 1. The van der Waals surface area contributed by atoms with Crippen molar-refractivity contribution in [3.63, 3.8) is 0 Å². The number of hydrogen-bond acceptors (Lipinski definition) is 4. The zero-order chi connectivity index (χ0) is 19.7. The lowest BCUT2D eigenvalue weighted by Gasteiger charge is -2.51. The van der Waals surface area contributed by atoms with Crippen LogP contribution >= 0.6 is 11.3 Å². The van der Waals surface area contributed by atoms with Gasteiger partial charge in [-0.15, -0.1) is 11.3 Å². The molecule has 1 aromatic heterocycles. The first-order chi connectivity index (χ1) is 13.3. The van der Waals surface area contributed by atoms with Crippen molar-refractivity contribution in [2.24, 2.45) is 29.6 Å². The highest BCUT2D eigenvalue weighted by Gasteiger charge is 2.50. The van der Waals surface area contributed by atoms with Gasteiger partial charge in [-0.25, -0.2) is 9.59 Å². The minimum atomic E-state index is -0.437. The Morgan fingerprint density at radius 3 is 2.11 bits per heavy atom. The Labute approximate surface area is 170 Å². The average molecular weight is 397 g/mol. The number of allylic oxidation sites excluding steroid dienone is 2. The van der Waals surface area contributed by atoms with Gasteiger partial charge in [0.1, 0.15) is 0 Å². The van der Waals surface area contributed by atoms with Gasteiger partial charge in [-0.2, -0.15) is 0 Å². The van der Waals surface area contributed by atoms with Crippen LogP contribution in [0.5, 0.6) is 0 Å². The minimum Gasteiger partial charge on any atom is -0.386 e. The molecule has 0 unspecified atom stereocenters. The SMILES string of the molecule is Cc1cc(C(=C2C(=O)OC(=O)C2=C2C3CC4CC(C3)CC2C4)C(C)C)c(C)s1. The molecule has 6 rings (SSSR count). The number of cyclic esters (lactones) is 2. The normalized spacial score (nSPS) is 33.3. The van der Waals surface area contributed by atoms with E-state index in [1.165, 1.54) is 47.4 Å². The van der Waals surface area contributed by atoms with Crippen molar-refractivity contribution in [1.82, 2.24) is 0 Å². The molecule has 5 fully saturated rings. The molecule has 0 aromatic carbocycles. The zero-order valence-electron chi connectivity index (χ0n) is 17.1. The predicted molar refractivity (Wildman–Crippen MR) is 111 cm³/mol. The van der Waals surface area contributed by atoms with E-state index in [1.807, 2.05) is 0 Å². The monoisotopic (exact) mass is 396 g/mol. The van der Waals surface area contributed by atoms with Crippen molar-refractivity contribution < 1.29 is 14.3 Å². The topological polar surface area (TPSA) is 43.4 Å². The average Bonchev–Trinajstić information content (AvgIpc) is 3.06. The van der Waals surface area contributed by atoms with Gasteiger partial charge in [0.25, 0.3) is 0 Å². The molecule has 1 saturated heterocycles. The smallest absolute Gasteiger partial charge is 0.347 e.